The lowest BCUT2D eigenvalue weighted by atomic mass is 9.97. The Morgan fingerprint density at radius 1 is 1.32 bits per heavy atom. The van der Waals surface area contributed by atoms with Crippen LogP contribution in [-0.2, 0) is 9.53 Å². The zero-order valence-corrected chi connectivity index (χ0v) is 15.7. The molecule has 0 fully saturated rings. The van der Waals surface area contributed by atoms with Gasteiger partial charge in [0.25, 0.3) is 5.91 Å². The summed E-state index contributed by atoms with van der Waals surface area (Å²) >= 11 is 6.02. The van der Waals surface area contributed by atoms with Crippen molar-refractivity contribution in [1.82, 2.24) is 4.90 Å². The maximum absolute atomic E-state index is 12.9. The number of carbonyl (C=O) groups excluding carboxylic acids is 2. The summed E-state index contributed by atoms with van der Waals surface area (Å²) in [6.07, 6.45) is 7.82. The second-order valence-corrected chi connectivity index (χ2v) is 6.98. The highest BCUT2D eigenvalue weighted by Gasteiger charge is 2.23. The van der Waals surface area contributed by atoms with Crippen LogP contribution in [0.25, 0.3) is 0 Å². The molecule has 5 heteroatoms. The number of nitrogens with zero attached hydrogens (tertiary/aromatic N) is 1. The molecule has 0 bridgehead atoms. The minimum Gasteiger partial charge on any atom is -0.469 e. The Morgan fingerprint density at radius 2 is 2.12 bits per heavy atom. The minimum atomic E-state index is -0.367. The van der Waals surface area contributed by atoms with Crippen LogP contribution in [0.1, 0.15) is 49.4 Å². The van der Waals surface area contributed by atoms with Gasteiger partial charge in [-0.15, -0.1) is 0 Å². The Morgan fingerprint density at radius 3 is 2.76 bits per heavy atom. The number of amides is 1. The number of carbonyl (C=O) groups is 2. The van der Waals surface area contributed by atoms with Gasteiger partial charge in [-0.05, 0) is 50.3 Å². The molecule has 1 amide bonds. The molecule has 1 unspecified atom stereocenters. The van der Waals surface area contributed by atoms with Gasteiger partial charge >= 0.3 is 5.97 Å². The van der Waals surface area contributed by atoms with Crippen molar-refractivity contribution in [3.63, 3.8) is 0 Å². The summed E-state index contributed by atoms with van der Waals surface area (Å²) in [5.74, 6) is -0.774. The molecule has 0 spiro atoms. The summed E-state index contributed by atoms with van der Waals surface area (Å²) < 4.78 is 4.80. The van der Waals surface area contributed by atoms with Crippen LogP contribution in [0.5, 0.6) is 0 Å². The standard InChI is InChI=1S/C20H26ClNO3/c1-15(20(24)25-2)14-22(12-11-16-7-4-3-5-8-16)19(23)17-9-6-10-18(21)13-17/h6-7,9-10,13,15H,3-5,8,11-12,14H2,1-2H3. The summed E-state index contributed by atoms with van der Waals surface area (Å²) in [6.45, 7) is 2.72. The molecular formula is C20H26ClNO3. The van der Waals surface area contributed by atoms with Crippen molar-refractivity contribution in [3.05, 3.63) is 46.5 Å². The summed E-state index contributed by atoms with van der Waals surface area (Å²) in [4.78, 5) is 26.4. The van der Waals surface area contributed by atoms with Gasteiger partial charge in [0.2, 0.25) is 0 Å². The van der Waals surface area contributed by atoms with Crippen LogP contribution in [0.4, 0.5) is 0 Å². The van der Waals surface area contributed by atoms with Crippen LogP contribution in [0, 0.1) is 5.92 Å². The Kier molecular flexibility index (Phi) is 7.51. The molecule has 25 heavy (non-hydrogen) atoms. The number of benzene rings is 1. The molecule has 136 valence electrons. The van der Waals surface area contributed by atoms with Gasteiger partial charge in [-0.25, -0.2) is 0 Å². The normalized spacial score (nSPS) is 15.2. The number of rotatable bonds is 7. The first-order valence-electron chi connectivity index (χ1n) is 8.82. The third kappa shape index (κ3) is 5.89. The predicted octanol–water partition coefficient (Wildman–Crippen LogP) is 4.48. The summed E-state index contributed by atoms with van der Waals surface area (Å²) in [5, 5.41) is 0.529. The molecule has 1 aromatic rings. The number of esters is 1. The van der Waals surface area contributed by atoms with Crippen LogP contribution in [0.3, 0.4) is 0 Å². The van der Waals surface area contributed by atoms with Gasteiger partial charge in [0.05, 0.1) is 13.0 Å². The van der Waals surface area contributed by atoms with Gasteiger partial charge in [-0.2, -0.15) is 0 Å². The average molecular weight is 364 g/mol. The molecule has 0 aromatic heterocycles. The van der Waals surface area contributed by atoms with Crippen molar-refractivity contribution >= 4 is 23.5 Å². The number of allylic oxidation sites excluding steroid dienone is 1. The maximum Gasteiger partial charge on any atom is 0.310 e. The van der Waals surface area contributed by atoms with Crippen LogP contribution in [0.2, 0.25) is 5.02 Å². The highest BCUT2D eigenvalue weighted by molar-refractivity contribution is 6.30. The van der Waals surface area contributed by atoms with Crippen molar-refractivity contribution < 1.29 is 14.3 Å². The number of hydrogen-bond acceptors (Lipinski definition) is 3. The zero-order valence-electron chi connectivity index (χ0n) is 15.0. The molecule has 0 heterocycles. The first-order chi connectivity index (χ1) is 12.0. The average Bonchev–Trinajstić information content (AvgIpc) is 2.64. The van der Waals surface area contributed by atoms with Crippen molar-refractivity contribution in [2.45, 2.75) is 39.0 Å². The van der Waals surface area contributed by atoms with E-state index in [1.807, 2.05) is 0 Å². The van der Waals surface area contributed by atoms with Gasteiger partial charge in [0, 0.05) is 23.7 Å². The second kappa shape index (κ2) is 9.62. The minimum absolute atomic E-state index is 0.102. The highest BCUT2D eigenvalue weighted by atomic mass is 35.5. The molecule has 4 nitrogen and oxygen atoms in total. The highest BCUT2D eigenvalue weighted by Crippen LogP contribution is 2.21. The van der Waals surface area contributed by atoms with E-state index in [1.165, 1.54) is 25.5 Å². The van der Waals surface area contributed by atoms with E-state index in [-0.39, 0.29) is 17.8 Å². The fourth-order valence-corrected chi connectivity index (χ4v) is 3.29. The number of methoxy groups -OCH3 is 1. The molecule has 1 aliphatic rings. The Bertz CT molecular complexity index is 642. The molecular weight excluding hydrogens is 338 g/mol. The van der Waals surface area contributed by atoms with Crippen LogP contribution < -0.4 is 0 Å². The van der Waals surface area contributed by atoms with E-state index in [9.17, 15) is 9.59 Å². The van der Waals surface area contributed by atoms with Gasteiger partial charge in [-0.1, -0.05) is 36.2 Å². The SMILES string of the molecule is COC(=O)C(C)CN(CCC1=CCCCC1)C(=O)c1cccc(Cl)c1. The molecule has 0 radical (unpaired) electrons. The Hall–Kier alpha value is -1.81. The first kappa shape index (κ1) is 19.5. The van der Waals surface area contributed by atoms with E-state index in [4.69, 9.17) is 16.3 Å². The zero-order chi connectivity index (χ0) is 18.2. The van der Waals surface area contributed by atoms with Crippen molar-refractivity contribution in [2.24, 2.45) is 5.92 Å². The molecule has 1 aromatic carbocycles. The summed E-state index contributed by atoms with van der Waals surface area (Å²) in [6, 6.07) is 6.93. The molecule has 0 N–H and O–H groups in total. The first-order valence-corrected chi connectivity index (χ1v) is 9.19. The quantitative estimate of drug-likeness (QED) is 0.530. The van der Waals surface area contributed by atoms with E-state index in [2.05, 4.69) is 6.08 Å². The Balaban J connectivity index is 2.11. The molecule has 0 saturated carbocycles. The van der Waals surface area contributed by atoms with Crippen molar-refractivity contribution in [1.29, 1.82) is 0 Å². The van der Waals surface area contributed by atoms with E-state index >= 15 is 0 Å². The number of halogens is 1. The number of ether oxygens (including phenoxy) is 1. The van der Waals surface area contributed by atoms with Gasteiger partial charge in [-0.3, -0.25) is 9.59 Å². The topological polar surface area (TPSA) is 46.6 Å². The predicted molar refractivity (Wildman–Crippen MR) is 99.7 cm³/mol. The smallest absolute Gasteiger partial charge is 0.310 e. The second-order valence-electron chi connectivity index (χ2n) is 6.54. The maximum atomic E-state index is 12.9. The van der Waals surface area contributed by atoms with Gasteiger partial charge in [0.1, 0.15) is 0 Å². The monoisotopic (exact) mass is 363 g/mol. The van der Waals surface area contributed by atoms with Crippen molar-refractivity contribution in [2.75, 3.05) is 20.2 Å². The van der Waals surface area contributed by atoms with E-state index in [0.717, 1.165) is 19.3 Å². The fraction of sp³-hybridized carbons (Fsp3) is 0.500. The molecule has 0 aliphatic heterocycles. The molecule has 0 saturated heterocycles. The fourth-order valence-electron chi connectivity index (χ4n) is 3.10. The molecule has 1 aliphatic carbocycles. The third-order valence-corrected chi connectivity index (χ3v) is 4.78. The third-order valence-electron chi connectivity index (χ3n) is 4.54. The summed E-state index contributed by atoms with van der Waals surface area (Å²) in [5.41, 5.74) is 1.95. The van der Waals surface area contributed by atoms with E-state index in [1.54, 1.807) is 36.1 Å². The lowest BCUT2D eigenvalue weighted by Gasteiger charge is -2.26. The molecule has 2 rings (SSSR count). The van der Waals surface area contributed by atoms with Crippen LogP contribution in [-0.4, -0.2) is 37.0 Å². The van der Waals surface area contributed by atoms with Crippen LogP contribution >= 0.6 is 11.6 Å². The van der Waals surface area contributed by atoms with Gasteiger partial charge in [0.15, 0.2) is 0 Å². The lowest BCUT2D eigenvalue weighted by Crippen LogP contribution is -2.38. The number of hydrogen-bond donors (Lipinski definition) is 0. The van der Waals surface area contributed by atoms with E-state index in [0.29, 0.717) is 23.7 Å². The van der Waals surface area contributed by atoms with Crippen LogP contribution in [0.15, 0.2) is 35.9 Å². The summed E-state index contributed by atoms with van der Waals surface area (Å²) in [7, 11) is 1.37. The Labute approximate surface area is 154 Å². The van der Waals surface area contributed by atoms with Gasteiger partial charge < -0.3 is 9.64 Å². The largest absolute Gasteiger partial charge is 0.469 e. The van der Waals surface area contributed by atoms with Crippen molar-refractivity contribution in [3.8, 4) is 0 Å². The lowest BCUT2D eigenvalue weighted by molar-refractivity contribution is -0.145. The van der Waals surface area contributed by atoms with E-state index < -0.39 is 0 Å². The molecule has 1 atom stereocenters.